The van der Waals surface area contributed by atoms with E-state index in [1.54, 1.807) is 6.07 Å². The van der Waals surface area contributed by atoms with E-state index in [0.29, 0.717) is 22.9 Å². The van der Waals surface area contributed by atoms with Crippen LogP contribution in [0.15, 0.2) is 18.2 Å². The first-order chi connectivity index (χ1) is 8.86. The minimum atomic E-state index is 0.115. The number of imidazole rings is 1. The van der Waals surface area contributed by atoms with Gasteiger partial charge in [0.25, 0.3) is 0 Å². The Morgan fingerprint density at radius 3 is 2.68 bits per heavy atom. The number of hydrogen-bond donors (Lipinski definition) is 1. The Balaban J connectivity index is 2.57. The molecule has 0 aliphatic rings. The van der Waals surface area contributed by atoms with E-state index in [0.717, 1.165) is 12.1 Å². The smallest absolute Gasteiger partial charge is 0.201 e. The summed E-state index contributed by atoms with van der Waals surface area (Å²) in [6.07, 6.45) is 0. The standard InChI is InChI=1S/C15H20N4/c1-10(2)15(3,4)9-19-12-7-5-6-11(8-16)13(12)18-14(19)17/h5-7,10H,9H2,1-4H3,(H2,17,18). The summed E-state index contributed by atoms with van der Waals surface area (Å²) in [4.78, 5) is 4.35. The lowest BCUT2D eigenvalue weighted by Crippen LogP contribution is -2.26. The number of nitrogen functional groups attached to an aromatic ring is 1. The molecule has 0 unspecified atom stereocenters. The zero-order valence-corrected chi connectivity index (χ0v) is 11.9. The molecule has 2 aromatic rings. The molecule has 0 atom stereocenters. The van der Waals surface area contributed by atoms with Crippen LogP contribution in [0.5, 0.6) is 0 Å². The Morgan fingerprint density at radius 1 is 1.42 bits per heavy atom. The van der Waals surface area contributed by atoms with E-state index in [-0.39, 0.29) is 5.41 Å². The van der Waals surface area contributed by atoms with Crippen LogP contribution in [0.1, 0.15) is 33.3 Å². The van der Waals surface area contributed by atoms with Crippen molar-refractivity contribution in [1.29, 1.82) is 5.26 Å². The molecule has 100 valence electrons. The van der Waals surface area contributed by atoms with Crippen molar-refractivity contribution in [2.75, 3.05) is 5.73 Å². The first-order valence-electron chi connectivity index (χ1n) is 6.51. The van der Waals surface area contributed by atoms with Crippen LogP contribution in [0.4, 0.5) is 5.95 Å². The quantitative estimate of drug-likeness (QED) is 0.917. The van der Waals surface area contributed by atoms with Crippen LogP contribution in [0.3, 0.4) is 0 Å². The molecule has 0 amide bonds. The number of nitriles is 1. The first kappa shape index (κ1) is 13.4. The highest BCUT2D eigenvalue weighted by molar-refractivity contribution is 5.83. The number of anilines is 1. The van der Waals surface area contributed by atoms with Crippen LogP contribution in [0, 0.1) is 22.7 Å². The van der Waals surface area contributed by atoms with E-state index in [2.05, 4.69) is 38.7 Å². The van der Waals surface area contributed by atoms with Crippen LogP contribution >= 0.6 is 0 Å². The number of nitrogens with two attached hydrogens (primary N) is 1. The lowest BCUT2D eigenvalue weighted by atomic mass is 9.81. The van der Waals surface area contributed by atoms with Crippen LogP contribution in [0.25, 0.3) is 11.0 Å². The number of nitrogens with zero attached hydrogens (tertiary/aromatic N) is 3. The van der Waals surface area contributed by atoms with Gasteiger partial charge in [-0.15, -0.1) is 0 Å². The summed E-state index contributed by atoms with van der Waals surface area (Å²) in [5.74, 6) is 1.01. The molecule has 1 heterocycles. The Bertz CT molecular complexity index is 644. The van der Waals surface area contributed by atoms with Crippen molar-refractivity contribution >= 4 is 17.0 Å². The second-order valence-corrected chi connectivity index (χ2v) is 5.98. The fraction of sp³-hybridized carbons (Fsp3) is 0.467. The van der Waals surface area contributed by atoms with Gasteiger partial charge in [0.05, 0.1) is 11.1 Å². The molecular formula is C15H20N4. The van der Waals surface area contributed by atoms with Crippen molar-refractivity contribution in [3.8, 4) is 6.07 Å². The topological polar surface area (TPSA) is 67.6 Å². The normalized spacial score (nSPS) is 12.0. The minimum Gasteiger partial charge on any atom is -0.369 e. The summed E-state index contributed by atoms with van der Waals surface area (Å²) in [6.45, 7) is 9.64. The Hall–Kier alpha value is -2.02. The second kappa shape index (κ2) is 4.58. The highest BCUT2D eigenvalue weighted by Crippen LogP contribution is 2.31. The van der Waals surface area contributed by atoms with Crippen molar-refractivity contribution in [1.82, 2.24) is 9.55 Å². The summed E-state index contributed by atoms with van der Waals surface area (Å²) < 4.78 is 2.01. The molecule has 0 bridgehead atoms. The summed E-state index contributed by atoms with van der Waals surface area (Å²) in [7, 11) is 0. The van der Waals surface area contributed by atoms with Gasteiger partial charge in [-0.3, -0.25) is 0 Å². The van der Waals surface area contributed by atoms with Gasteiger partial charge in [0, 0.05) is 6.54 Å². The highest BCUT2D eigenvalue weighted by Gasteiger charge is 2.25. The third-order valence-electron chi connectivity index (χ3n) is 4.06. The molecule has 19 heavy (non-hydrogen) atoms. The van der Waals surface area contributed by atoms with E-state index in [1.165, 1.54) is 0 Å². The highest BCUT2D eigenvalue weighted by atomic mass is 15.2. The van der Waals surface area contributed by atoms with Gasteiger partial charge in [0.15, 0.2) is 0 Å². The van der Waals surface area contributed by atoms with E-state index in [9.17, 15) is 0 Å². The van der Waals surface area contributed by atoms with Gasteiger partial charge in [-0.25, -0.2) is 4.98 Å². The second-order valence-electron chi connectivity index (χ2n) is 5.98. The van der Waals surface area contributed by atoms with Crippen molar-refractivity contribution in [2.24, 2.45) is 11.3 Å². The van der Waals surface area contributed by atoms with E-state index in [4.69, 9.17) is 11.0 Å². The Labute approximate surface area is 113 Å². The molecule has 2 rings (SSSR count). The van der Waals surface area contributed by atoms with Crippen molar-refractivity contribution in [3.63, 3.8) is 0 Å². The minimum absolute atomic E-state index is 0.115. The van der Waals surface area contributed by atoms with Crippen LogP contribution in [-0.2, 0) is 6.54 Å². The largest absolute Gasteiger partial charge is 0.369 e. The Kier molecular flexibility index (Phi) is 3.23. The first-order valence-corrected chi connectivity index (χ1v) is 6.51. The third kappa shape index (κ3) is 2.28. The molecule has 1 aromatic carbocycles. The van der Waals surface area contributed by atoms with Crippen molar-refractivity contribution < 1.29 is 0 Å². The van der Waals surface area contributed by atoms with Crippen LogP contribution in [0.2, 0.25) is 0 Å². The molecule has 2 N–H and O–H groups in total. The van der Waals surface area contributed by atoms with Gasteiger partial charge < -0.3 is 10.3 Å². The lowest BCUT2D eigenvalue weighted by Gasteiger charge is -2.30. The van der Waals surface area contributed by atoms with Crippen LogP contribution < -0.4 is 5.73 Å². The maximum Gasteiger partial charge on any atom is 0.201 e. The maximum absolute atomic E-state index is 9.12. The molecule has 1 aromatic heterocycles. The number of rotatable bonds is 3. The van der Waals surface area contributed by atoms with Crippen molar-refractivity contribution in [3.05, 3.63) is 23.8 Å². The molecule has 0 aliphatic heterocycles. The summed E-state index contributed by atoms with van der Waals surface area (Å²) in [6, 6.07) is 7.78. The average Bonchev–Trinajstić information content (AvgIpc) is 2.65. The maximum atomic E-state index is 9.12. The average molecular weight is 256 g/mol. The predicted octanol–water partition coefficient (Wildman–Crippen LogP) is 3.17. The van der Waals surface area contributed by atoms with Crippen molar-refractivity contribution in [2.45, 2.75) is 34.2 Å². The Morgan fingerprint density at radius 2 is 2.11 bits per heavy atom. The zero-order chi connectivity index (χ0) is 14.2. The molecule has 0 aliphatic carbocycles. The van der Waals surface area contributed by atoms with E-state index in [1.807, 2.05) is 16.7 Å². The SMILES string of the molecule is CC(C)C(C)(C)Cn1c(N)nc2c(C#N)cccc21. The number of benzene rings is 1. The lowest BCUT2D eigenvalue weighted by molar-refractivity contribution is 0.214. The summed E-state index contributed by atoms with van der Waals surface area (Å²) in [5.41, 5.74) is 8.35. The number of hydrogen-bond acceptors (Lipinski definition) is 3. The van der Waals surface area contributed by atoms with Gasteiger partial charge >= 0.3 is 0 Å². The predicted molar refractivity (Wildman–Crippen MR) is 77.5 cm³/mol. The van der Waals surface area contributed by atoms with Gasteiger partial charge in [-0.2, -0.15) is 5.26 Å². The molecule has 0 spiro atoms. The molecule has 0 fully saturated rings. The zero-order valence-electron chi connectivity index (χ0n) is 11.9. The number of fused-ring (bicyclic) bond motifs is 1. The van der Waals surface area contributed by atoms with E-state index >= 15 is 0 Å². The van der Waals surface area contributed by atoms with Gasteiger partial charge in [0.1, 0.15) is 11.6 Å². The fourth-order valence-electron chi connectivity index (χ4n) is 2.01. The molecule has 4 heteroatoms. The number of para-hydroxylation sites is 1. The molecule has 0 saturated heterocycles. The monoisotopic (exact) mass is 256 g/mol. The summed E-state index contributed by atoms with van der Waals surface area (Å²) >= 11 is 0. The van der Waals surface area contributed by atoms with Gasteiger partial charge in [-0.05, 0) is 23.5 Å². The molecular weight excluding hydrogens is 236 g/mol. The number of aromatic nitrogens is 2. The van der Waals surface area contributed by atoms with Gasteiger partial charge in [-0.1, -0.05) is 33.8 Å². The third-order valence-corrected chi connectivity index (χ3v) is 4.06. The van der Waals surface area contributed by atoms with E-state index < -0.39 is 0 Å². The van der Waals surface area contributed by atoms with Gasteiger partial charge in [0.2, 0.25) is 5.95 Å². The molecule has 0 saturated carbocycles. The van der Waals surface area contributed by atoms with Crippen LogP contribution in [-0.4, -0.2) is 9.55 Å². The summed E-state index contributed by atoms with van der Waals surface area (Å²) in [5, 5.41) is 9.12. The fourth-order valence-corrected chi connectivity index (χ4v) is 2.01. The molecule has 0 radical (unpaired) electrons. The molecule has 4 nitrogen and oxygen atoms in total.